The summed E-state index contributed by atoms with van der Waals surface area (Å²) in [5, 5.41) is 9.61. The number of anilines is 1. The van der Waals surface area contributed by atoms with Gasteiger partial charge in [0.2, 0.25) is 5.91 Å². The zero-order valence-electron chi connectivity index (χ0n) is 8.91. The highest BCUT2D eigenvalue weighted by Gasteiger charge is 2.13. The second-order valence-electron chi connectivity index (χ2n) is 3.38. The predicted molar refractivity (Wildman–Crippen MR) is 66.2 cm³/mol. The third-order valence-electron chi connectivity index (χ3n) is 2.19. The van der Waals surface area contributed by atoms with Crippen molar-refractivity contribution in [3.8, 4) is 0 Å². The molecule has 1 aromatic rings. The highest BCUT2D eigenvalue weighted by Crippen LogP contribution is 2.28. The summed E-state index contributed by atoms with van der Waals surface area (Å²) in [7, 11) is 1.65. The van der Waals surface area contributed by atoms with Gasteiger partial charge in [0.1, 0.15) is 0 Å². The molecule has 88 valence electrons. The first-order valence-corrected chi connectivity index (χ1v) is 5.64. The molecular formula is C11H13Cl2NO2. The smallest absolute Gasteiger partial charge is 0.226 e. The van der Waals surface area contributed by atoms with Crippen LogP contribution in [0.25, 0.3) is 0 Å². The monoisotopic (exact) mass is 261 g/mol. The van der Waals surface area contributed by atoms with E-state index in [-0.39, 0.29) is 12.5 Å². The van der Waals surface area contributed by atoms with E-state index in [2.05, 4.69) is 0 Å². The second-order valence-corrected chi connectivity index (χ2v) is 4.22. The van der Waals surface area contributed by atoms with E-state index in [0.717, 1.165) is 0 Å². The van der Waals surface area contributed by atoms with E-state index in [1.807, 2.05) is 0 Å². The zero-order valence-corrected chi connectivity index (χ0v) is 10.4. The summed E-state index contributed by atoms with van der Waals surface area (Å²) < 4.78 is 0. The van der Waals surface area contributed by atoms with Gasteiger partial charge in [-0.15, -0.1) is 0 Å². The van der Waals surface area contributed by atoms with Gasteiger partial charge in [-0.3, -0.25) is 4.79 Å². The minimum atomic E-state index is -0.0849. The molecule has 5 heteroatoms. The SMILES string of the molecule is CN(C(=O)CCCO)c1ccc(Cl)cc1Cl. The molecule has 1 N–H and O–H groups in total. The summed E-state index contributed by atoms with van der Waals surface area (Å²) in [6.07, 6.45) is 0.750. The first-order valence-electron chi connectivity index (χ1n) is 4.88. The molecule has 0 fully saturated rings. The van der Waals surface area contributed by atoms with E-state index >= 15 is 0 Å². The molecule has 1 aromatic carbocycles. The number of benzene rings is 1. The first kappa shape index (κ1) is 13.3. The van der Waals surface area contributed by atoms with Gasteiger partial charge < -0.3 is 10.0 Å². The molecule has 16 heavy (non-hydrogen) atoms. The fourth-order valence-corrected chi connectivity index (χ4v) is 1.82. The molecule has 0 heterocycles. The van der Waals surface area contributed by atoms with Crippen molar-refractivity contribution in [2.24, 2.45) is 0 Å². The van der Waals surface area contributed by atoms with Crippen LogP contribution in [-0.2, 0) is 4.79 Å². The molecule has 1 rings (SSSR count). The maximum absolute atomic E-state index is 11.7. The van der Waals surface area contributed by atoms with Gasteiger partial charge in [0.05, 0.1) is 10.7 Å². The van der Waals surface area contributed by atoms with Crippen LogP contribution >= 0.6 is 23.2 Å². The molecular weight excluding hydrogens is 249 g/mol. The Balaban J connectivity index is 2.79. The standard InChI is InChI=1S/C11H13Cl2NO2/c1-14(11(16)3-2-6-15)10-5-4-8(12)7-9(10)13/h4-5,7,15H,2-3,6H2,1H3. The van der Waals surface area contributed by atoms with Gasteiger partial charge in [-0.1, -0.05) is 23.2 Å². The van der Waals surface area contributed by atoms with Crippen LogP contribution in [0.15, 0.2) is 18.2 Å². The van der Waals surface area contributed by atoms with Crippen LogP contribution in [-0.4, -0.2) is 24.7 Å². The lowest BCUT2D eigenvalue weighted by molar-refractivity contribution is -0.118. The molecule has 0 saturated heterocycles. The molecule has 0 aromatic heterocycles. The number of aliphatic hydroxyl groups is 1. The summed E-state index contributed by atoms with van der Waals surface area (Å²) in [6.45, 7) is 0.00787. The minimum absolute atomic E-state index is 0.00787. The van der Waals surface area contributed by atoms with Crippen LogP contribution in [0.3, 0.4) is 0 Å². The van der Waals surface area contributed by atoms with Crippen molar-refractivity contribution < 1.29 is 9.90 Å². The fourth-order valence-electron chi connectivity index (χ4n) is 1.29. The lowest BCUT2D eigenvalue weighted by atomic mass is 10.2. The molecule has 0 saturated carbocycles. The Morgan fingerprint density at radius 1 is 1.44 bits per heavy atom. The molecule has 0 bridgehead atoms. The highest BCUT2D eigenvalue weighted by molar-refractivity contribution is 6.36. The Kier molecular flexibility index (Phi) is 5.06. The topological polar surface area (TPSA) is 40.5 Å². The summed E-state index contributed by atoms with van der Waals surface area (Å²) in [5.74, 6) is -0.0849. The Bertz CT molecular complexity index is 382. The van der Waals surface area contributed by atoms with Crippen LogP contribution in [0.1, 0.15) is 12.8 Å². The normalized spacial score (nSPS) is 10.2. The predicted octanol–water partition coefficient (Wildman–Crippen LogP) is 2.73. The third-order valence-corrected chi connectivity index (χ3v) is 2.73. The number of halogens is 2. The van der Waals surface area contributed by atoms with Gasteiger partial charge in [0.25, 0.3) is 0 Å². The summed E-state index contributed by atoms with van der Waals surface area (Å²) in [4.78, 5) is 13.1. The maximum atomic E-state index is 11.7. The second kappa shape index (κ2) is 6.09. The van der Waals surface area contributed by atoms with Gasteiger partial charge in [-0.05, 0) is 24.6 Å². The zero-order chi connectivity index (χ0) is 12.1. The van der Waals surface area contributed by atoms with Crippen molar-refractivity contribution in [3.05, 3.63) is 28.2 Å². The molecule has 3 nitrogen and oxygen atoms in total. The van der Waals surface area contributed by atoms with Crippen molar-refractivity contribution in [1.29, 1.82) is 0 Å². The van der Waals surface area contributed by atoms with Crippen LogP contribution in [0.4, 0.5) is 5.69 Å². The number of aliphatic hydroxyl groups excluding tert-OH is 1. The van der Waals surface area contributed by atoms with Gasteiger partial charge >= 0.3 is 0 Å². The largest absolute Gasteiger partial charge is 0.396 e. The van der Waals surface area contributed by atoms with Crippen molar-refractivity contribution in [2.75, 3.05) is 18.6 Å². The Morgan fingerprint density at radius 2 is 2.12 bits per heavy atom. The molecule has 1 amide bonds. The van der Waals surface area contributed by atoms with Gasteiger partial charge in [-0.2, -0.15) is 0 Å². The number of hydrogen-bond acceptors (Lipinski definition) is 2. The molecule has 0 radical (unpaired) electrons. The number of carbonyl (C=O) groups excluding carboxylic acids is 1. The van der Waals surface area contributed by atoms with E-state index in [4.69, 9.17) is 28.3 Å². The number of amides is 1. The van der Waals surface area contributed by atoms with E-state index in [0.29, 0.717) is 28.6 Å². The van der Waals surface area contributed by atoms with Crippen LogP contribution in [0.2, 0.25) is 10.0 Å². The van der Waals surface area contributed by atoms with Gasteiger partial charge in [0, 0.05) is 25.1 Å². The molecule has 0 atom stereocenters. The molecule has 0 unspecified atom stereocenters. The molecule has 0 aliphatic carbocycles. The average molecular weight is 262 g/mol. The first-order chi connectivity index (χ1) is 7.56. The highest BCUT2D eigenvalue weighted by atomic mass is 35.5. The molecule has 0 aliphatic rings. The van der Waals surface area contributed by atoms with Gasteiger partial charge in [0.15, 0.2) is 0 Å². The maximum Gasteiger partial charge on any atom is 0.226 e. The Morgan fingerprint density at radius 3 is 2.69 bits per heavy atom. The summed E-state index contributed by atoms with van der Waals surface area (Å²) in [6, 6.07) is 4.97. The summed E-state index contributed by atoms with van der Waals surface area (Å²) in [5.41, 5.74) is 0.619. The van der Waals surface area contributed by atoms with Crippen LogP contribution < -0.4 is 4.90 Å². The van der Waals surface area contributed by atoms with Crippen molar-refractivity contribution in [1.82, 2.24) is 0 Å². The summed E-state index contributed by atoms with van der Waals surface area (Å²) >= 11 is 11.7. The van der Waals surface area contributed by atoms with Crippen LogP contribution in [0.5, 0.6) is 0 Å². The van der Waals surface area contributed by atoms with E-state index in [9.17, 15) is 4.79 Å². The third kappa shape index (κ3) is 3.37. The van der Waals surface area contributed by atoms with E-state index in [1.54, 1.807) is 25.2 Å². The fraction of sp³-hybridized carbons (Fsp3) is 0.364. The van der Waals surface area contributed by atoms with E-state index in [1.165, 1.54) is 4.90 Å². The minimum Gasteiger partial charge on any atom is -0.396 e. The lowest BCUT2D eigenvalue weighted by Crippen LogP contribution is -2.26. The quantitative estimate of drug-likeness (QED) is 0.906. The molecule has 0 spiro atoms. The Labute approximate surface area is 105 Å². The number of hydrogen-bond donors (Lipinski definition) is 1. The van der Waals surface area contributed by atoms with Gasteiger partial charge in [-0.25, -0.2) is 0 Å². The van der Waals surface area contributed by atoms with Crippen molar-refractivity contribution in [3.63, 3.8) is 0 Å². The number of carbonyl (C=O) groups is 1. The lowest BCUT2D eigenvalue weighted by Gasteiger charge is -2.18. The Hall–Kier alpha value is -0.770. The number of rotatable bonds is 4. The number of nitrogens with zero attached hydrogens (tertiary/aromatic N) is 1. The van der Waals surface area contributed by atoms with Crippen LogP contribution in [0, 0.1) is 0 Å². The van der Waals surface area contributed by atoms with Crippen molar-refractivity contribution >= 4 is 34.8 Å². The van der Waals surface area contributed by atoms with Crippen molar-refractivity contribution in [2.45, 2.75) is 12.8 Å². The van der Waals surface area contributed by atoms with E-state index < -0.39 is 0 Å². The average Bonchev–Trinajstić information content (AvgIpc) is 2.25. The molecule has 0 aliphatic heterocycles.